The maximum absolute atomic E-state index is 12.9. The average Bonchev–Trinajstić information content (AvgIpc) is 2.57. The second kappa shape index (κ2) is 3.92. The summed E-state index contributed by atoms with van der Waals surface area (Å²) >= 11 is 0. The van der Waals surface area contributed by atoms with Crippen molar-refractivity contribution in [3.8, 4) is 0 Å². The minimum absolute atomic E-state index is 0.201. The molecule has 1 aromatic rings. The topological polar surface area (TPSA) is 63.7 Å². The fourth-order valence-corrected chi connectivity index (χ4v) is 6.37. The van der Waals surface area contributed by atoms with Crippen LogP contribution in [-0.4, -0.2) is 36.9 Å². The van der Waals surface area contributed by atoms with E-state index >= 15 is 0 Å². The van der Waals surface area contributed by atoms with Gasteiger partial charge in [-0.15, -0.1) is 0 Å². The lowest BCUT2D eigenvalue weighted by Crippen LogP contribution is -2.80. The number of benzene rings is 1. The molecule has 2 saturated heterocycles. The van der Waals surface area contributed by atoms with Crippen LogP contribution in [0.1, 0.15) is 25.8 Å². The molecule has 1 spiro atoms. The molecule has 3 aliphatic rings. The van der Waals surface area contributed by atoms with Gasteiger partial charge >= 0.3 is 5.97 Å². The second-order valence-corrected chi connectivity index (χ2v) is 9.23. The first-order valence-electron chi connectivity index (χ1n) is 7.50. The third-order valence-corrected chi connectivity index (χ3v) is 7.41. The smallest absolute Gasteiger partial charge is 0.311 e. The van der Waals surface area contributed by atoms with E-state index < -0.39 is 15.6 Å². The predicted octanol–water partition coefficient (Wildman–Crippen LogP) is 1.71. The number of nitrogens with zero attached hydrogens (tertiary/aromatic N) is 1. The molecule has 0 amide bonds. The van der Waals surface area contributed by atoms with Gasteiger partial charge in [-0.2, -0.15) is 4.31 Å². The molecule has 1 aromatic carbocycles. The van der Waals surface area contributed by atoms with Gasteiger partial charge in [-0.05, 0) is 30.9 Å². The number of aryl methyl sites for hydroxylation is 1. The molecule has 0 radical (unpaired) electrons. The molecule has 0 bridgehead atoms. The molecule has 1 saturated carbocycles. The highest BCUT2D eigenvalue weighted by Gasteiger charge is 2.80. The number of ether oxygens (including phenoxy) is 1. The molecule has 3 atom stereocenters. The molecule has 5 nitrogen and oxygen atoms in total. The zero-order valence-corrected chi connectivity index (χ0v) is 13.7. The normalized spacial score (nSPS) is 35.9. The van der Waals surface area contributed by atoms with Gasteiger partial charge < -0.3 is 4.74 Å². The number of carbonyl (C=O) groups excluding carboxylic acids is 1. The molecule has 4 rings (SSSR count). The van der Waals surface area contributed by atoms with Crippen LogP contribution >= 0.6 is 0 Å². The molecular weight excluding hydrogens is 302 g/mol. The van der Waals surface area contributed by atoms with Gasteiger partial charge in [-0.1, -0.05) is 31.5 Å². The SMILES string of the molecule is Cc1ccc(S(=O)(=O)N2CC3OC(=O)C4C(C)(C)CC342)cc1. The Bertz CT molecular complexity index is 768. The monoisotopic (exact) mass is 321 g/mol. The van der Waals surface area contributed by atoms with E-state index in [0.717, 1.165) is 5.56 Å². The van der Waals surface area contributed by atoms with Crippen LogP contribution in [-0.2, 0) is 19.6 Å². The van der Waals surface area contributed by atoms with E-state index in [1.54, 1.807) is 24.3 Å². The molecule has 118 valence electrons. The van der Waals surface area contributed by atoms with Gasteiger partial charge in [0.25, 0.3) is 0 Å². The number of carbonyl (C=O) groups is 1. The Kier molecular flexibility index (Phi) is 2.53. The van der Waals surface area contributed by atoms with E-state index in [-0.39, 0.29) is 34.8 Å². The summed E-state index contributed by atoms with van der Waals surface area (Å²) in [6.45, 7) is 6.19. The van der Waals surface area contributed by atoms with Crippen LogP contribution in [0.3, 0.4) is 0 Å². The van der Waals surface area contributed by atoms with Crippen molar-refractivity contribution < 1.29 is 17.9 Å². The van der Waals surface area contributed by atoms with Gasteiger partial charge in [0.2, 0.25) is 10.0 Å². The zero-order valence-electron chi connectivity index (χ0n) is 12.9. The second-order valence-electron chi connectivity index (χ2n) is 7.36. The molecule has 22 heavy (non-hydrogen) atoms. The van der Waals surface area contributed by atoms with Gasteiger partial charge in [0.05, 0.1) is 22.9 Å². The van der Waals surface area contributed by atoms with Gasteiger partial charge in [0, 0.05) is 0 Å². The molecule has 3 unspecified atom stereocenters. The number of rotatable bonds is 2. The van der Waals surface area contributed by atoms with Crippen LogP contribution in [0.5, 0.6) is 0 Å². The van der Waals surface area contributed by atoms with Crippen molar-refractivity contribution >= 4 is 16.0 Å². The van der Waals surface area contributed by atoms with Crippen LogP contribution in [0.15, 0.2) is 29.2 Å². The van der Waals surface area contributed by atoms with Crippen molar-refractivity contribution in [3.63, 3.8) is 0 Å². The van der Waals surface area contributed by atoms with Crippen molar-refractivity contribution in [3.05, 3.63) is 29.8 Å². The van der Waals surface area contributed by atoms with Crippen molar-refractivity contribution in [2.24, 2.45) is 11.3 Å². The minimum atomic E-state index is -3.59. The predicted molar refractivity (Wildman–Crippen MR) is 79.6 cm³/mol. The molecule has 2 aliphatic heterocycles. The highest BCUT2D eigenvalue weighted by Crippen LogP contribution is 2.67. The molecule has 3 fully saturated rings. The van der Waals surface area contributed by atoms with Gasteiger partial charge in [-0.25, -0.2) is 8.42 Å². The molecule has 0 N–H and O–H groups in total. The Labute approximate surface area is 130 Å². The number of sulfonamides is 1. The Morgan fingerprint density at radius 2 is 1.86 bits per heavy atom. The first-order valence-corrected chi connectivity index (χ1v) is 8.94. The average molecular weight is 321 g/mol. The summed E-state index contributed by atoms with van der Waals surface area (Å²) in [5.74, 6) is -0.596. The van der Waals surface area contributed by atoms with E-state index in [0.29, 0.717) is 6.42 Å². The quantitative estimate of drug-likeness (QED) is 0.778. The van der Waals surface area contributed by atoms with Gasteiger partial charge in [0.1, 0.15) is 6.10 Å². The Hall–Kier alpha value is -1.40. The van der Waals surface area contributed by atoms with Crippen LogP contribution in [0, 0.1) is 18.3 Å². The number of hydrogen-bond donors (Lipinski definition) is 0. The van der Waals surface area contributed by atoms with E-state index in [4.69, 9.17) is 4.74 Å². The maximum atomic E-state index is 12.9. The van der Waals surface area contributed by atoms with Crippen molar-refractivity contribution in [2.75, 3.05) is 6.54 Å². The fraction of sp³-hybridized carbons (Fsp3) is 0.562. The van der Waals surface area contributed by atoms with Gasteiger partial charge in [0.15, 0.2) is 0 Å². The minimum Gasteiger partial charge on any atom is -0.459 e. The highest BCUT2D eigenvalue weighted by atomic mass is 32.2. The third kappa shape index (κ3) is 1.47. The van der Waals surface area contributed by atoms with E-state index in [1.807, 2.05) is 20.8 Å². The van der Waals surface area contributed by atoms with Crippen LogP contribution in [0.2, 0.25) is 0 Å². The van der Waals surface area contributed by atoms with Crippen LogP contribution < -0.4 is 0 Å². The zero-order chi connectivity index (χ0) is 15.9. The largest absolute Gasteiger partial charge is 0.459 e. The van der Waals surface area contributed by atoms with Gasteiger partial charge in [-0.3, -0.25) is 4.79 Å². The van der Waals surface area contributed by atoms with Crippen molar-refractivity contribution in [2.45, 2.75) is 43.7 Å². The van der Waals surface area contributed by atoms with Crippen LogP contribution in [0.4, 0.5) is 0 Å². The summed E-state index contributed by atoms with van der Waals surface area (Å²) in [5.41, 5.74) is 0.165. The first kappa shape index (κ1) is 14.2. The van der Waals surface area contributed by atoms with Crippen molar-refractivity contribution in [1.29, 1.82) is 0 Å². The summed E-state index contributed by atoms with van der Waals surface area (Å²) in [6, 6.07) is 6.84. The van der Waals surface area contributed by atoms with Crippen LogP contribution in [0.25, 0.3) is 0 Å². The van der Waals surface area contributed by atoms with E-state index in [2.05, 4.69) is 0 Å². The summed E-state index contributed by atoms with van der Waals surface area (Å²) in [5, 5.41) is 0. The molecule has 6 heteroatoms. The summed E-state index contributed by atoms with van der Waals surface area (Å²) in [6.07, 6.45) is 0.393. The lowest BCUT2D eigenvalue weighted by molar-refractivity contribution is -0.158. The molecule has 2 heterocycles. The fourth-order valence-electron chi connectivity index (χ4n) is 4.57. The Balaban J connectivity index is 1.74. The first-order chi connectivity index (χ1) is 10.2. The summed E-state index contributed by atoms with van der Waals surface area (Å²) in [7, 11) is -3.59. The molecule has 1 aliphatic carbocycles. The lowest BCUT2D eigenvalue weighted by atomic mass is 9.48. The number of esters is 1. The maximum Gasteiger partial charge on any atom is 0.311 e. The molecular formula is C16H19NO4S. The third-order valence-electron chi connectivity index (χ3n) is 5.48. The lowest BCUT2D eigenvalue weighted by Gasteiger charge is -2.65. The highest BCUT2D eigenvalue weighted by molar-refractivity contribution is 7.89. The summed E-state index contributed by atoms with van der Waals surface area (Å²) < 4.78 is 32.8. The number of hydrogen-bond acceptors (Lipinski definition) is 4. The molecule has 0 aromatic heterocycles. The Morgan fingerprint density at radius 3 is 2.45 bits per heavy atom. The Morgan fingerprint density at radius 1 is 1.23 bits per heavy atom. The van der Waals surface area contributed by atoms with E-state index in [1.165, 1.54) is 4.31 Å². The standard InChI is InChI=1S/C16H19NO4S/c1-10-4-6-11(7-5-10)22(19,20)17-8-12-16(17)9-15(2,3)13(16)14(18)21-12/h4-7,12-13H,8-9H2,1-3H3. The summed E-state index contributed by atoms with van der Waals surface area (Å²) in [4.78, 5) is 12.4. The van der Waals surface area contributed by atoms with E-state index in [9.17, 15) is 13.2 Å². The van der Waals surface area contributed by atoms with Crippen molar-refractivity contribution in [1.82, 2.24) is 4.31 Å².